The van der Waals surface area contributed by atoms with Crippen molar-refractivity contribution >= 4 is 34.5 Å². The fourth-order valence-electron chi connectivity index (χ4n) is 6.94. The maximum absolute atomic E-state index is 14.2. The quantitative estimate of drug-likeness (QED) is 0.222. The van der Waals surface area contributed by atoms with Crippen LogP contribution in [0, 0.1) is 5.92 Å². The van der Waals surface area contributed by atoms with Crippen molar-refractivity contribution in [3.05, 3.63) is 53.7 Å². The normalized spacial score (nSPS) is 17.4. The summed E-state index contributed by atoms with van der Waals surface area (Å²) in [5.41, 5.74) is 2.55. The Morgan fingerprint density at radius 2 is 1.65 bits per heavy atom. The molecular formula is C37H49N5O7. The van der Waals surface area contributed by atoms with Crippen molar-refractivity contribution in [2.75, 3.05) is 40.0 Å². The van der Waals surface area contributed by atoms with Gasteiger partial charge < -0.3 is 39.6 Å². The summed E-state index contributed by atoms with van der Waals surface area (Å²) in [5.74, 6) is 0.288. The number of piperazine rings is 1. The third-order valence-electron chi connectivity index (χ3n) is 9.18. The number of benzene rings is 2. The number of aromatic nitrogens is 1. The van der Waals surface area contributed by atoms with E-state index in [1.54, 1.807) is 11.9 Å². The molecule has 5 rings (SSSR count). The average Bonchev–Trinajstić information content (AvgIpc) is 3.50. The topological polar surface area (TPSA) is 142 Å². The number of amides is 4. The number of nitrogens with zero attached hydrogens (tertiary/aromatic N) is 2. The van der Waals surface area contributed by atoms with Crippen LogP contribution in [0.5, 0.6) is 17.2 Å². The van der Waals surface area contributed by atoms with Crippen LogP contribution >= 0.6 is 0 Å². The number of aromatic amines is 1. The van der Waals surface area contributed by atoms with E-state index in [0.29, 0.717) is 37.1 Å². The van der Waals surface area contributed by atoms with Crippen molar-refractivity contribution in [2.45, 2.75) is 77.9 Å². The standard InChI is InChI=1S/C37H49N5O7/c1-5-47-30-17-24(18-31(48-6-2)35(30)49-7-3)21-41(4)36(45)29(19-26-20-38-28-16-12-11-15-27(26)28)39-32(43)22-42-23-33(44)40-34(37(42)46)25-13-9-8-10-14-25/h11-12,15-18,20,25,29,34,38H,5-10,13-14,19,21-23H2,1-4H3,(H,39,43)(H,40,44). The van der Waals surface area contributed by atoms with Crippen LogP contribution in [0.15, 0.2) is 42.6 Å². The fourth-order valence-corrected chi connectivity index (χ4v) is 6.94. The fraction of sp³-hybridized carbons (Fsp3) is 0.514. The molecule has 49 heavy (non-hydrogen) atoms. The molecule has 2 heterocycles. The van der Waals surface area contributed by atoms with Crippen LogP contribution in [-0.2, 0) is 32.1 Å². The zero-order valence-electron chi connectivity index (χ0n) is 29.0. The second-order valence-corrected chi connectivity index (χ2v) is 12.7. The number of H-pyrrole nitrogens is 1. The van der Waals surface area contributed by atoms with Gasteiger partial charge in [-0.05, 0) is 68.9 Å². The Balaban J connectivity index is 1.36. The first kappa shape index (κ1) is 35.6. The molecule has 1 aliphatic carbocycles. The Bertz CT molecular complexity index is 1610. The highest BCUT2D eigenvalue weighted by Gasteiger charge is 2.39. The lowest BCUT2D eigenvalue weighted by molar-refractivity contribution is -0.148. The van der Waals surface area contributed by atoms with E-state index in [2.05, 4.69) is 15.6 Å². The van der Waals surface area contributed by atoms with E-state index in [-0.39, 0.29) is 49.7 Å². The van der Waals surface area contributed by atoms with E-state index in [9.17, 15) is 19.2 Å². The molecule has 0 bridgehead atoms. The van der Waals surface area contributed by atoms with Gasteiger partial charge in [0.1, 0.15) is 25.2 Å². The molecule has 1 aromatic heterocycles. The SMILES string of the molecule is CCOc1cc(CN(C)C(=O)C(Cc2c[nH]c3ccccc23)NC(=O)CN2CC(=O)NC(C3CCCCC3)C2=O)cc(OCC)c1OCC. The largest absolute Gasteiger partial charge is 0.490 e. The summed E-state index contributed by atoms with van der Waals surface area (Å²) in [6.07, 6.45) is 6.97. The zero-order chi connectivity index (χ0) is 34.9. The van der Waals surface area contributed by atoms with E-state index < -0.39 is 18.0 Å². The Kier molecular flexibility index (Phi) is 12.0. The maximum Gasteiger partial charge on any atom is 0.246 e. The van der Waals surface area contributed by atoms with E-state index in [0.717, 1.165) is 54.1 Å². The van der Waals surface area contributed by atoms with Gasteiger partial charge in [-0.1, -0.05) is 37.5 Å². The summed E-state index contributed by atoms with van der Waals surface area (Å²) in [7, 11) is 1.68. The number of fused-ring (bicyclic) bond motifs is 1. The van der Waals surface area contributed by atoms with Crippen molar-refractivity contribution in [1.29, 1.82) is 0 Å². The third-order valence-corrected chi connectivity index (χ3v) is 9.18. The molecule has 12 nitrogen and oxygen atoms in total. The van der Waals surface area contributed by atoms with E-state index in [1.807, 2.05) is 63.4 Å². The second-order valence-electron chi connectivity index (χ2n) is 12.7. The molecule has 2 fully saturated rings. The first-order chi connectivity index (χ1) is 23.7. The van der Waals surface area contributed by atoms with Crippen molar-refractivity contribution in [2.24, 2.45) is 5.92 Å². The predicted molar refractivity (Wildman–Crippen MR) is 185 cm³/mol. The van der Waals surface area contributed by atoms with Crippen LogP contribution < -0.4 is 24.8 Å². The number of hydrogen-bond donors (Lipinski definition) is 3. The van der Waals surface area contributed by atoms with Gasteiger partial charge in [-0.2, -0.15) is 0 Å². The molecule has 1 saturated heterocycles. The molecule has 3 N–H and O–H groups in total. The van der Waals surface area contributed by atoms with Crippen LogP contribution in [0.25, 0.3) is 10.9 Å². The number of rotatable bonds is 15. The number of nitrogens with one attached hydrogen (secondary N) is 3. The Morgan fingerprint density at radius 1 is 0.980 bits per heavy atom. The zero-order valence-corrected chi connectivity index (χ0v) is 29.0. The Morgan fingerprint density at radius 3 is 2.33 bits per heavy atom. The Labute approximate surface area is 287 Å². The van der Waals surface area contributed by atoms with Crippen LogP contribution in [0.3, 0.4) is 0 Å². The molecule has 2 aliphatic rings. The monoisotopic (exact) mass is 675 g/mol. The van der Waals surface area contributed by atoms with E-state index >= 15 is 0 Å². The number of hydrogen-bond acceptors (Lipinski definition) is 7. The maximum atomic E-state index is 14.2. The predicted octanol–water partition coefficient (Wildman–Crippen LogP) is 3.96. The number of carbonyl (C=O) groups is 4. The van der Waals surface area contributed by atoms with Gasteiger partial charge in [0.2, 0.25) is 29.4 Å². The molecule has 2 atom stereocenters. The molecule has 2 unspecified atom stereocenters. The van der Waals surface area contributed by atoms with E-state index in [4.69, 9.17) is 14.2 Å². The first-order valence-electron chi connectivity index (χ1n) is 17.4. The summed E-state index contributed by atoms with van der Waals surface area (Å²) in [6.45, 7) is 6.63. The van der Waals surface area contributed by atoms with Gasteiger partial charge in [0.15, 0.2) is 11.5 Å². The van der Waals surface area contributed by atoms with Gasteiger partial charge in [-0.15, -0.1) is 0 Å². The van der Waals surface area contributed by atoms with E-state index in [1.165, 1.54) is 4.90 Å². The second kappa shape index (κ2) is 16.6. The van der Waals surface area contributed by atoms with Gasteiger partial charge in [0, 0.05) is 37.1 Å². The van der Waals surface area contributed by atoms with Crippen LogP contribution in [-0.4, -0.2) is 90.5 Å². The highest BCUT2D eigenvalue weighted by molar-refractivity contribution is 5.98. The number of carbonyl (C=O) groups excluding carboxylic acids is 4. The molecule has 12 heteroatoms. The molecular weight excluding hydrogens is 626 g/mol. The smallest absolute Gasteiger partial charge is 0.246 e. The minimum atomic E-state index is -0.944. The highest BCUT2D eigenvalue weighted by atomic mass is 16.5. The van der Waals surface area contributed by atoms with Crippen LogP contribution in [0.2, 0.25) is 0 Å². The Hall–Kier alpha value is -4.74. The molecule has 0 spiro atoms. The van der Waals surface area contributed by atoms with Gasteiger partial charge in [-0.3, -0.25) is 19.2 Å². The van der Waals surface area contributed by atoms with Gasteiger partial charge >= 0.3 is 0 Å². The van der Waals surface area contributed by atoms with Crippen molar-refractivity contribution in [1.82, 2.24) is 25.4 Å². The molecule has 3 aromatic rings. The number of para-hydroxylation sites is 1. The summed E-state index contributed by atoms with van der Waals surface area (Å²) in [6, 6.07) is 9.88. The minimum Gasteiger partial charge on any atom is -0.490 e. The van der Waals surface area contributed by atoms with Crippen LogP contribution in [0.4, 0.5) is 0 Å². The highest BCUT2D eigenvalue weighted by Crippen LogP contribution is 2.39. The van der Waals surface area contributed by atoms with Crippen molar-refractivity contribution in [3.63, 3.8) is 0 Å². The van der Waals surface area contributed by atoms with Gasteiger partial charge in [0.05, 0.1) is 19.8 Å². The average molecular weight is 676 g/mol. The lowest BCUT2D eigenvalue weighted by Crippen LogP contribution is -2.62. The molecule has 0 radical (unpaired) electrons. The summed E-state index contributed by atoms with van der Waals surface area (Å²) < 4.78 is 17.6. The molecule has 2 aromatic carbocycles. The first-order valence-corrected chi connectivity index (χ1v) is 17.4. The van der Waals surface area contributed by atoms with Crippen molar-refractivity contribution < 1.29 is 33.4 Å². The van der Waals surface area contributed by atoms with Gasteiger partial charge in [-0.25, -0.2) is 0 Å². The third kappa shape index (κ3) is 8.65. The minimum absolute atomic E-state index is 0.0648. The molecule has 1 saturated carbocycles. The molecule has 264 valence electrons. The summed E-state index contributed by atoms with van der Waals surface area (Å²) in [4.78, 5) is 60.0. The molecule has 4 amide bonds. The number of likely N-dealkylation sites (N-methyl/N-ethyl adjacent to an activating group) is 1. The van der Waals surface area contributed by atoms with Crippen molar-refractivity contribution in [3.8, 4) is 17.2 Å². The molecule has 1 aliphatic heterocycles. The number of ether oxygens (including phenoxy) is 3. The summed E-state index contributed by atoms with van der Waals surface area (Å²) in [5, 5.41) is 6.73. The van der Waals surface area contributed by atoms with Crippen LogP contribution in [0.1, 0.15) is 64.0 Å². The van der Waals surface area contributed by atoms with Gasteiger partial charge in [0.25, 0.3) is 0 Å². The summed E-state index contributed by atoms with van der Waals surface area (Å²) >= 11 is 0. The lowest BCUT2D eigenvalue weighted by Gasteiger charge is -2.37. The lowest BCUT2D eigenvalue weighted by atomic mass is 9.82.